The maximum Gasteiger partial charge on any atom is 0.235 e. The van der Waals surface area contributed by atoms with E-state index in [1.54, 1.807) is 12.1 Å². The third-order valence-electron chi connectivity index (χ3n) is 3.84. The van der Waals surface area contributed by atoms with Gasteiger partial charge in [0, 0.05) is 12.5 Å². The SMILES string of the molecule is O=C=NC1(c2c(F)c(Br)cc3c2OCCCO3)CCC1. The second kappa shape index (κ2) is 5.19. The molecule has 1 fully saturated rings. The molecule has 2 aliphatic rings. The molecule has 1 saturated carbocycles. The molecule has 0 N–H and O–H groups in total. The summed E-state index contributed by atoms with van der Waals surface area (Å²) in [5.74, 6) is 0.438. The van der Waals surface area contributed by atoms with Crippen molar-refractivity contribution in [1.82, 2.24) is 0 Å². The number of ether oxygens (including phenoxy) is 2. The Morgan fingerprint density at radius 1 is 1.30 bits per heavy atom. The van der Waals surface area contributed by atoms with Gasteiger partial charge in [0.15, 0.2) is 11.5 Å². The molecule has 1 aromatic rings. The maximum atomic E-state index is 14.6. The minimum Gasteiger partial charge on any atom is -0.490 e. The van der Waals surface area contributed by atoms with Crippen molar-refractivity contribution in [2.24, 2.45) is 4.99 Å². The zero-order chi connectivity index (χ0) is 14.2. The van der Waals surface area contributed by atoms with Gasteiger partial charge < -0.3 is 9.47 Å². The minimum atomic E-state index is -0.854. The van der Waals surface area contributed by atoms with Crippen molar-refractivity contribution in [1.29, 1.82) is 0 Å². The highest BCUT2D eigenvalue weighted by Gasteiger charge is 2.45. The van der Waals surface area contributed by atoms with Gasteiger partial charge in [0.1, 0.15) is 11.4 Å². The monoisotopic (exact) mass is 341 g/mol. The summed E-state index contributed by atoms with van der Waals surface area (Å²) in [5.41, 5.74) is -0.536. The van der Waals surface area contributed by atoms with E-state index in [-0.39, 0.29) is 0 Å². The van der Waals surface area contributed by atoms with Gasteiger partial charge in [-0.3, -0.25) is 0 Å². The smallest absolute Gasteiger partial charge is 0.235 e. The van der Waals surface area contributed by atoms with Gasteiger partial charge >= 0.3 is 0 Å². The number of carbonyl (C=O) groups excluding carboxylic acids is 1. The van der Waals surface area contributed by atoms with E-state index >= 15 is 0 Å². The van der Waals surface area contributed by atoms with Crippen molar-refractivity contribution in [3.63, 3.8) is 0 Å². The fourth-order valence-corrected chi connectivity index (χ4v) is 3.09. The van der Waals surface area contributed by atoms with Crippen LogP contribution in [0.3, 0.4) is 0 Å². The summed E-state index contributed by atoms with van der Waals surface area (Å²) >= 11 is 3.20. The van der Waals surface area contributed by atoms with Crippen LogP contribution in [0.2, 0.25) is 0 Å². The summed E-state index contributed by atoms with van der Waals surface area (Å²) in [7, 11) is 0. The van der Waals surface area contributed by atoms with E-state index < -0.39 is 11.4 Å². The number of benzene rings is 1. The maximum absolute atomic E-state index is 14.6. The number of hydrogen-bond donors (Lipinski definition) is 0. The van der Waals surface area contributed by atoms with Gasteiger partial charge in [-0.05, 0) is 35.2 Å². The van der Waals surface area contributed by atoms with E-state index in [1.807, 2.05) is 0 Å². The first-order chi connectivity index (χ1) is 9.68. The predicted octanol–water partition coefficient (Wildman–Crippen LogP) is 3.46. The van der Waals surface area contributed by atoms with Gasteiger partial charge in [-0.2, -0.15) is 4.99 Å². The lowest BCUT2D eigenvalue weighted by molar-refractivity contribution is 0.229. The fraction of sp³-hybridized carbons (Fsp3) is 0.500. The van der Waals surface area contributed by atoms with Crippen molar-refractivity contribution in [3.8, 4) is 11.5 Å². The van der Waals surface area contributed by atoms with Crippen LogP contribution in [0.4, 0.5) is 4.39 Å². The van der Waals surface area contributed by atoms with E-state index in [0.717, 1.165) is 12.8 Å². The molecule has 0 bridgehead atoms. The van der Waals surface area contributed by atoms with Crippen LogP contribution in [-0.2, 0) is 10.3 Å². The number of hydrogen-bond acceptors (Lipinski definition) is 4. The van der Waals surface area contributed by atoms with Crippen LogP contribution in [0.15, 0.2) is 15.5 Å². The molecule has 0 amide bonds. The number of isocyanates is 1. The van der Waals surface area contributed by atoms with Crippen molar-refractivity contribution in [2.75, 3.05) is 13.2 Å². The van der Waals surface area contributed by atoms with Gasteiger partial charge in [-0.1, -0.05) is 0 Å². The second-order valence-corrected chi connectivity index (χ2v) is 5.87. The average molecular weight is 342 g/mol. The Bertz CT molecular complexity index is 595. The molecule has 20 heavy (non-hydrogen) atoms. The number of nitrogens with zero attached hydrogens (tertiary/aromatic N) is 1. The van der Waals surface area contributed by atoms with E-state index in [1.165, 1.54) is 0 Å². The molecular weight excluding hydrogens is 329 g/mol. The average Bonchev–Trinajstić information content (AvgIpc) is 2.61. The van der Waals surface area contributed by atoms with Crippen LogP contribution in [0.25, 0.3) is 0 Å². The van der Waals surface area contributed by atoms with Crippen molar-refractivity contribution in [2.45, 2.75) is 31.2 Å². The molecule has 0 spiro atoms. The van der Waals surface area contributed by atoms with Gasteiger partial charge in [-0.15, -0.1) is 0 Å². The Morgan fingerprint density at radius 2 is 2.05 bits per heavy atom. The van der Waals surface area contributed by atoms with Gasteiger partial charge in [-0.25, -0.2) is 9.18 Å². The van der Waals surface area contributed by atoms with Crippen molar-refractivity contribution >= 4 is 22.0 Å². The van der Waals surface area contributed by atoms with Crippen LogP contribution in [0.5, 0.6) is 11.5 Å². The van der Waals surface area contributed by atoms with Crippen LogP contribution in [-0.4, -0.2) is 19.3 Å². The molecule has 0 radical (unpaired) electrons. The molecular formula is C14H13BrFNO3. The summed E-state index contributed by atoms with van der Waals surface area (Å²) in [6.45, 7) is 0.983. The quantitative estimate of drug-likeness (QED) is 0.611. The molecule has 1 aromatic carbocycles. The third kappa shape index (κ3) is 2.03. The molecule has 6 heteroatoms. The summed E-state index contributed by atoms with van der Waals surface area (Å²) in [4.78, 5) is 14.6. The first kappa shape index (κ1) is 13.6. The molecule has 3 rings (SSSR count). The lowest BCUT2D eigenvalue weighted by Crippen LogP contribution is -2.33. The number of rotatable bonds is 2. The molecule has 0 unspecified atom stereocenters. The van der Waals surface area contributed by atoms with E-state index in [2.05, 4.69) is 20.9 Å². The lowest BCUT2D eigenvalue weighted by atomic mass is 9.71. The first-order valence-corrected chi connectivity index (χ1v) is 7.34. The van der Waals surface area contributed by atoms with Crippen molar-refractivity contribution in [3.05, 3.63) is 21.9 Å². The van der Waals surface area contributed by atoms with Crippen LogP contribution < -0.4 is 9.47 Å². The zero-order valence-electron chi connectivity index (χ0n) is 10.7. The molecule has 1 aliphatic heterocycles. The summed E-state index contributed by atoms with van der Waals surface area (Å²) < 4.78 is 26.2. The Balaban J connectivity index is 2.23. The Hall–Kier alpha value is -1.39. The van der Waals surface area contributed by atoms with Crippen LogP contribution >= 0.6 is 15.9 Å². The summed E-state index contributed by atoms with van der Waals surface area (Å²) in [6, 6.07) is 1.57. The highest BCUT2D eigenvalue weighted by atomic mass is 79.9. The van der Waals surface area contributed by atoms with E-state index in [4.69, 9.17) is 9.47 Å². The number of fused-ring (bicyclic) bond motifs is 1. The van der Waals surface area contributed by atoms with Gasteiger partial charge in [0.05, 0.1) is 23.2 Å². The topological polar surface area (TPSA) is 47.9 Å². The molecule has 1 aliphatic carbocycles. The lowest BCUT2D eigenvalue weighted by Gasteiger charge is -2.38. The van der Waals surface area contributed by atoms with Crippen molar-refractivity contribution < 1.29 is 18.7 Å². The normalized spacial score (nSPS) is 19.5. The van der Waals surface area contributed by atoms with Crippen LogP contribution in [0.1, 0.15) is 31.2 Å². The first-order valence-electron chi connectivity index (χ1n) is 6.55. The molecule has 106 valence electrons. The molecule has 4 nitrogen and oxygen atoms in total. The van der Waals surface area contributed by atoms with Gasteiger partial charge in [0.25, 0.3) is 0 Å². The number of aliphatic imine (C=N–C) groups is 1. The Morgan fingerprint density at radius 3 is 2.70 bits per heavy atom. The molecule has 0 saturated heterocycles. The third-order valence-corrected chi connectivity index (χ3v) is 4.41. The Labute approximate surface area is 124 Å². The standard InChI is InChI=1S/C14H13BrFNO3/c15-9-7-10-13(20-6-2-5-19-10)11(12(9)16)14(17-8-18)3-1-4-14/h7H,1-6H2. The zero-order valence-corrected chi connectivity index (χ0v) is 12.3. The molecule has 0 atom stereocenters. The number of halogens is 2. The molecule has 1 heterocycles. The van der Waals surface area contributed by atoms with E-state index in [9.17, 15) is 9.18 Å². The predicted molar refractivity (Wildman–Crippen MR) is 73.4 cm³/mol. The summed E-state index contributed by atoms with van der Waals surface area (Å²) in [5, 5.41) is 0. The van der Waals surface area contributed by atoms with Gasteiger partial charge in [0.2, 0.25) is 6.08 Å². The largest absolute Gasteiger partial charge is 0.490 e. The summed E-state index contributed by atoms with van der Waals surface area (Å²) in [6.07, 6.45) is 4.44. The second-order valence-electron chi connectivity index (χ2n) is 5.01. The van der Waals surface area contributed by atoms with E-state index in [0.29, 0.717) is 47.6 Å². The fourth-order valence-electron chi connectivity index (χ4n) is 2.68. The molecule has 0 aromatic heterocycles. The highest BCUT2D eigenvalue weighted by molar-refractivity contribution is 9.10. The highest BCUT2D eigenvalue weighted by Crippen LogP contribution is 2.53. The minimum absolute atomic E-state index is 0.295. The Kier molecular flexibility index (Phi) is 3.52. The van der Waals surface area contributed by atoms with Crippen LogP contribution in [0, 0.1) is 5.82 Å².